The molecule has 1 aromatic heterocycles. The summed E-state index contributed by atoms with van der Waals surface area (Å²) >= 11 is 6.24. The highest BCUT2D eigenvalue weighted by Crippen LogP contribution is 2.26. The van der Waals surface area contributed by atoms with Crippen LogP contribution in [0, 0.1) is 13.8 Å². The number of fused-ring (bicyclic) bond motifs is 1. The smallest absolute Gasteiger partial charge is 0.249 e. The fourth-order valence-corrected chi connectivity index (χ4v) is 4.23. The van der Waals surface area contributed by atoms with Crippen molar-refractivity contribution in [1.29, 1.82) is 0 Å². The summed E-state index contributed by atoms with van der Waals surface area (Å²) in [6, 6.07) is 12.0. The first-order valence-corrected chi connectivity index (χ1v) is 11.6. The number of amides is 1. The summed E-state index contributed by atoms with van der Waals surface area (Å²) < 4.78 is 13.6. The number of aryl methyl sites for hydroxylation is 3. The first-order chi connectivity index (χ1) is 15.5. The largest absolute Gasteiger partial charge is 0.494 e. The molecule has 1 fully saturated rings. The van der Waals surface area contributed by atoms with Crippen molar-refractivity contribution in [3.8, 4) is 5.75 Å². The van der Waals surface area contributed by atoms with Crippen LogP contribution < -0.4 is 10.1 Å². The number of nitrogens with zero attached hydrogens (tertiary/aromatic N) is 2. The summed E-state index contributed by atoms with van der Waals surface area (Å²) in [5.74, 6) is 1.67. The number of rotatable bonds is 9. The van der Waals surface area contributed by atoms with Gasteiger partial charge in [-0.1, -0.05) is 23.7 Å². The van der Waals surface area contributed by atoms with Crippen molar-refractivity contribution in [3.63, 3.8) is 0 Å². The lowest BCUT2D eigenvalue weighted by Gasteiger charge is -2.13. The molecule has 1 saturated heterocycles. The van der Waals surface area contributed by atoms with Crippen molar-refractivity contribution < 1.29 is 14.3 Å². The number of aromatic nitrogens is 2. The first kappa shape index (κ1) is 22.6. The van der Waals surface area contributed by atoms with E-state index >= 15 is 0 Å². The minimum Gasteiger partial charge on any atom is -0.494 e. The molecule has 7 heteroatoms. The molecule has 1 amide bonds. The van der Waals surface area contributed by atoms with Crippen LogP contribution in [0.4, 0.5) is 0 Å². The van der Waals surface area contributed by atoms with Gasteiger partial charge < -0.3 is 19.4 Å². The summed E-state index contributed by atoms with van der Waals surface area (Å²) in [5.41, 5.74) is 4.08. The van der Waals surface area contributed by atoms with Crippen LogP contribution in [-0.2, 0) is 22.6 Å². The summed E-state index contributed by atoms with van der Waals surface area (Å²) in [4.78, 5) is 17.1. The molecule has 6 nitrogen and oxygen atoms in total. The maximum atomic E-state index is 12.4. The van der Waals surface area contributed by atoms with Crippen LogP contribution in [0.5, 0.6) is 5.75 Å². The number of nitrogens with one attached hydrogen (secondary N) is 1. The Kier molecular flexibility index (Phi) is 7.33. The predicted molar refractivity (Wildman–Crippen MR) is 126 cm³/mol. The van der Waals surface area contributed by atoms with Crippen LogP contribution in [0.3, 0.4) is 0 Å². The zero-order valence-electron chi connectivity index (χ0n) is 18.7. The average Bonchev–Trinajstić information content (AvgIpc) is 3.44. The minimum atomic E-state index is -0.329. The van der Waals surface area contributed by atoms with Crippen LogP contribution in [0.1, 0.15) is 42.6 Å². The van der Waals surface area contributed by atoms with Crippen molar-refractivity contribution in [2.24, 2.45) is 0 Å². The maximum absolute atomic E-state index is 12.4. The molecule has 1 aliphatic rings. The molecule has 1 atom stereocenters. The Bertz CT molecular complexity index is 1070. The Morgan fingerprint density at radius 1 is 1.25 bits per heavy atom. The topological polar surface area (TPSA) is 65.4 Å². The lowest BCUT2D eigenvalue weighted by atomic mass is 10.1. The monoisotopic (exact) mass is 455 g/mol. The van der Waals surface area contributed by atoms with Gasteiger partial charge in [0.25, 0.3) is 0 Å². The van der Waals surface area contributed by atoms with Gasteiger partial charge in [-0.3, -0.25) is 4.79 Å². The van der Waals surface area contributed by atoms with Gasteiger partial charge in [0.15, 0.2) is 0 Å². The molecule has 0 spiro atoms. The molecule has 1 aliphatic heterocycles. The average molecular weight is 456 g/mol. The van der Waals surface area contributed by atoms with Gasteiger partial charge in [-0.05, 0) is 74.9 Å². The van der Waals surface area contributed by atoms with Crippen LogP contribution in [-0.4, -0.2) is 34.8 Å². The molecular formula is C25H30ClN3O3. The van der Waals surface area contributed by atoms with Crippen molar-refractivity contribution in [3.05, 3.63) is 58.4 Å². The molecule has 1 N–H and O–H groups in total. The summed E-state index contributed by atoms with van der Waals surface area (Å²) in [5, 5.41) is 3.79. The fraction of sp³-hybridized carbons (Fsp3) is 0.440. The van der Waals surface area contributed by atoms with Crippen molar-refractivity contribution in [2.45, 2.75) is 58.7 Å². The number of halogens is 1. The molecule has 1 unspecified atom stereocenters. The number of imidazole rings is 1. The van der Waals surface area contributed by atoms with E-state index in [1.54, 1.807) is 0 Å². The van der Waals surface area contributed by atoms with E-state index in [-0.39, 0.29) is 12.0 Å². The molecule has 2 heterocycles. The highest BCUT2D eigenvalue weighted by Gasteiger charge is 2.23. The second-order valence-electron chi connectivity index (χ2n) is 8.31. The van der Waals surface area contributed by atoms with Gasteiger partial charge in [0.05, 0.1) is 24.2 Å². The quantitative estimate of drug-likeness (QED) is 0.463. The molecule has 0 saturated carbocycles. The second kappa shape index (κ2) is 10.4. The Labute approximate surface area is 193 Å². The highest BCUT2D eigenvalue weighted by molar-refractivity contribution is 6.32. The SMILES string of the molecule is Cc1cc(OCCCCn2c(CNC(=O)C3CCCO3)nc3ccccc32)cc(C)c1Cl. The minimum absolute atomic E-state index is 0.0527. The second-order valence-corrected chi connectivity index (χ2v) is 8.69. The third kappa shape index (κ3) is 5.25. The van der Waals surface area contributed by atoms with Crippen molar-refractivity contribution in [1.82, 2.24) is 14.9 Å². The number of carbonyl (C=O) groups excluding carboxylic acids is 1. The zero-order chi connectivity index (χ0) is 22.5. The first-order valence-electron chi connectivity index (χ1n) is 11.3. The number of carbonyl (C=O) groups is 1. The van der Waals surface area contributed by atoms with Gasteiger partial charge in [0, 0.05) is 18.2 Å². The summed E-state index contributed by atoms with van der Waals surface area (Å²) in [6.07, 6.45) is 3.25. The summed E-state index contributed by atoms with van der Waals surface area (Å²) in [6.45, 7) is 6.49. The van der Waals surface area contributed by atoms with E-state index in [0.717, 1.165) is 71.0 Å². The van der Waals surface area contributed by atoms with Gasteiger partial charge in [-0.25, -0.2) is 4.98 Å². The number of para-hydroxylation sites is 2. The Morgan fingerprint density at radius 2 is 2.03 bits per heavy atom. The Balaban J connectivity index is 1.34. The molecule has 0 aliphatic carbocycles. The van der Waals surface area contributed by atoms with Crippen molar-refractivity contribution in [2.75, 3.05) is 13.2 Å². The number of ether oxygens (including phenoxy) is 2. The zero-order valence-corrected chi connectivity index (χ0v) is 19.5. The molecule has 2 aromatic carbocycles. The van der Waals surface area contributed by atoms with E-state index in [1.807, 2.05) is 44.2 Å². The van der Waals surface area contributed by atoms with Crippen LogP contribution in [0.25, 0.3) is 11.0 Å². The van der Waals surface area contributed by atoms with E-state index in [2.05, 4.69) is 16.0 Å². The van der Waals surface area contributed by atoms with E-state index < -0.39 is 0 Å². The molecule has 0 radical (unpaired) electrons. The van der Waals surface area contributed by atoms with E-state index in [1.165, 1.54) is 0 Å². The van der Waals surface area contributed by atoms with Gasteiger partial charge in [0.1, 0.15) is 17.7 Å². The summed E-state index contributed by atoms with van der Waals surface area (Å²) in [7, 11) is 0. The molecule has 4 rings (SSSR count). The lowest BCUT2D eigenvalue weighted by Crippen LogP contribution is -2.34. The number of hydrogen-bond acceptors (Lipinski definition) is 4. The Morgan fingerprint density at radius 3 is 2.78 bits per heavy atom. The molecule has 170 valence electrons. The number of hydrogen-bond donors (Lipinski definition) is 1. The van der Waals surface area contributed by atoms with E-state index in [9.17, 15) is 4.79 Å². The molecule has 32 heavy (non-hydrogen) atoms. The van der Waals surface area contributed by atoms with Crippen molar-refractivity contribution >= 4 is 28.5 Å². The highest BCUT2D eigenvalue weighted by atomic mass is 35.5. The van der Waals surface area contributed by atoms with Crippen LogP contribution >= 0.6 is 11.6 Å². The van der Waals surface area contributed by atoms with Crippen LogP contribution in [0.2, 0.25) is 5.02 Å². The van der Waals surface area contributed by atoms with Gasteiger partial charge in [-0.2, -0.15) is 0 Å². The molecule has 0 bridgehead atoms. The van der Waals surface area contributed by atoms with Crippen LogP contribution in [0.15, 0.2) is 36.4 Å². The number of unbranched alkanes of at least 4 members (excludes halogenated alkanes) is 1. The third-order valence-electron chi connectivity index (χ3n) is 5.83. The standard InChI is InChI=1S/C25H30ClN3O3/c1-17-14-19(15-18(2)24(17)26)31-12-6-5-11-29-21-9-4-3-8-20(21)28-23(29)16-27-25(30)22-10-7-13-32-22/h3-4,8-9,14-15,22H,5-7,10-13,16H2,1-2H3,(H,27,30). The van der Waals surface area contributed by atoms with E-state index in [4.69, 9.17) is 26.1 Å². The molecule has 3 aromatic rings. The van der Waals surface area contributed by atoms with Gasteiger partial charge in [0.2, 0.25) is 5.91 Å². The van der Waals surface area contributed by atoms with Gasteiger partial charge >= 0.3 is 0 Å². The predicted octanol–water partition coefficient (Wildman–Crippen LogP) is 4.96. The Hall–Kier alpha value is -2.57. The normalized spacial score (nSPS) is 15.9. The third-order valence-corrected chi connectivity index (χ3v) is 6.43. The molecular weight excluding hydrogens is 426 g/mol. The van der Waals surface area contributed by atoms with Gasteiger partial charge in [-0.15, -0.1) is 0 Å². The maximum Gasteiger partial charge on any atom is 0.249 e. The number of benzene rings is 2. The lowest BCUT2D eigenvalue weighted by molar-refractivity contribution is -0.130. The fourth-order valence-electron chi connectivity index (χ4n) is 4.13. The van der Waals surface area contributed by atoms with E-state index in [0.29, 0.717) is 19.8 Å².